The highest BCUT2D eigenvalue weighted by molar-refractivity contribution is 9.10. The van der Waals surface area contributed by atoms with Gasteiger partial charge in [0.1, 0.15) is 5.82 Å². The van der Waals surface area contributed by atoms with Gasteiger partial charge in [0.25, 0.3) is 0 Å². The van der Waals surface area contributed by atoms with Crippen molar-refractivity contribution in [2.75, 3.05) is 7.05 Å². The van der Waals surface area contributed by atoms with Crippen LogP contribution >= 0.6 is 43.5 Å². The zero-order chi connectivity index (χ0) is 14.7. The molecule has 106 valence electrons. The third-order valence-corrected chi connectivity index (χ3v) is 4.98. The third-order valence-electron chi connectivity index (χ3n) is 3.14. The van der Waals surface area contributed by atoms with Crippen LogP contribution in [0.25, 0.3) is 0 Å². The van der Waals surface area contributed by atoms with E-state index < -0.39 is 0 Å². The zero-order valence-corrected chi connectivity index (χ0v) is 14.7. The van der Waals surface area contributed by atoms with Gasteiger partial charge in [-0.1, -0.05) is 39.7 Å². The predicted molar refractivity (Wildman–Crippen MR) is 88.8 cm³/mol. The summed E-state index contributed by atoms with van der Waals surface area (Å²) < 4.78 is 15.1. The van der Waals surface area contributed by atoms with Gasteiger partial charge < -0.3 is 5.32 Å². The summed E-state index contributed by atoms with van der Waals surface area (Å²) in [6.45, 7) is 0. The summed E-state index contributed by atoms with van der Waals surface area (Å²) in [5, 5.41) is 3.93. The summed E-state index contributed by atoms with van der Waals surface area (Å²) in [5.41, 5.74) is 1.97. The number of benzene rings is 2. The van der Waals surface area contributed by atoms with E-state index in [9.17, 15) is 4.39 Å². The van der Waals surface area contributed by atoms with E-state index in [1.54, 1.807) is 6.07 Å². The number of rotatable bonds is 4. The fourth-order valence-corrected chi connectivity index (χ4v) is 3.20. The van der Waals surface area contributed by atoms with Crippen molar-refractivity contribution in [3.8, 4) is 0 Å². The first kappa shape index (κ1) is 16.0. The molecule has 20 heavy (non-hydrogen) atoms. The summed E-state index contributed by atoms with van der Waals surface area (Å²) >= 11 is 12.9. The lowest BCUT2D eigenvalue weighted by atomic mass is 9.99. The summed E-state index contributed by atoms with van der Waals surface area (Å²) in [6.07, 6.45) is 0.661. The molecule has 1 nitrogen and oxygen atoms in total. The van der Waals surface area contributed by atoms with Gasteiger partial charge in [0, 0.05) is 15.5 Å². The summed E-state index contributed by atoms with van der Waals surface area (Å²) in [6, 6.07) is 10.8. The van der Waals surface area contributed by atoms with Gasteiger partial charge >= 0.3 is 0 Å². The van der Waals surface area contributed by atoms with Gasteiger partial charge in [-0.2, -0.15) is 0 Å². The van der Waals surface area contributed by atoms with Gasteiger partial charge in [-0.25, -0.2) is 4.39 Å². The molecule has 1 atom stereocenters. The molecule has 2 aromatic carbocycles. The van der Waals surface area contributed by atoms with Gasteiger partial charge in [0.2, 0.25) is 0 Å². The van der Waals surface area contributed by atoms with Gasteiger partial charge in [0.05, 0.1) is 4.47 Å². The predicted octanol–water partition coefficient (Wildman–Crippen LogP) is 5.51. The Hall–Kier alpha value is -0.420. The summed E-state index contributed by atoms with van der Waals surface area (Å²) in [5.74, 6) is -0.248. The maximum absolute atomic E-state index is 13.6. The molecule has 0 aromatic heterocycles. The number of halogens is 4. The molecule has 0 amide bonds. The number of likely N-dealkylation sites (N-methyl/N-ethyl adjacent to an activating group) is 1. The van der Waals surface area contributed by atoms with Crippen LogP contribution < -0.4 is 5.32 Å². The second kappa shape index (κ2) is 7.03. The number of hydrogen-bond acceptors (Lipinski definition) is 1. The minimum absolute atomic E-state index is 0.0428. The van der Waals surface area contributed by atoms with Gasteiger partial charge in [-0.15, -0.1) is 0 Å². The Labute approximate surface area is 139 Å². The SMILES string of the molecule is CNC(Cc1cccc(F)c1Br)c1cc(Cl)ccc1Br. The molecule has 0 fully saturated rings. The molecule has 0 aliphatic heterocycles. The average molecular weight is 422 g/mol. The molecule has 2 aromatic rings. The van der Waals surface area contributed by atoms with Gasteiger partial charge in [-0.05, 0) is 64.8 Å². The zero-order valence-electron chi connectivity index (χ0n) is 10.8. The Morgan fingerprint density at radius 2 is 2.00 bits per heavy atom. The molecule has 0 radical (unpaired) electrons. The van der Waals surface area contributed by atoms with Crippen LogP contribution in [0.2, 0.25) is 5.02 Å². The molecule has 0 saturated carbocycles. The molecule has 1 unspecified atom stereocenters. The summed E-state index contributed by atoms with van der Waals surface area (Å²) in [7, 11) is 1.88. The molecule has 0 heterocycles. The Morgan fingerprint density at radius 1 is 1.25 bits per heavy atom. The van der Waals surface area contributed by atoms with E-state index in [-0.39, 0.29) is 11.9 Å². The first-order chi connectivity index (χ1) is 9.52. The van der Waals surface area contributed by atoms with Crippen LogP contribution in [0.5, 0.6) is 0 Å². The first-order valence-electron chi connectivity index (χ1n) is 6.08. The van der Waals surface area contributed by atoms with Crippen molar-refractivity contribution in [3.63, 3.8) is 0 Å². The van der Waals surface area contributed by atoms with Crippen LogP contribution in [0.3, 0.4) is 0 Å². The second-order valence-electron chi connectivity index (χ2n) is 4.42. The van der Waals surface area contributed by atoms with E-state index in [2.05, 4.69) is 37.2 Å². The van der Waals surface area contributed by atoms with Crippen molar-refractivity contribution in [1.29, 1.82) is 0 Å². The fraction of sp³-hybridized carbons (Fsp3) is 0.200. The largest absolute Gasteiger partial charge is 0.313 e. The van der Waals surface area contributed by atoms with Crippen molar-refractivity contribution in [2.24, 2.45) is 0 Å². The first-order valence-corrected chi connectivity index (χ1v) is 8.04. The molecule has 5 heteroatoms. The van der Waals surface area contributed by atoms with E-state index in [0.29, 0.717) is 15.9 Å². The maximum atomic E-state index is 13.6. The smallest absolute Gasteiger partial charge is 0.137 e. The molecular weight excluding hydrogens is 408 g/mol. The van der Waals surface area contributed by atoms with E-state index in [1.807, 2.05) is 31.3 Å². The van der Waals surface area contributed by atoms with E-state index in [1.165, 1.54) is 6.07 Å². The molecule has 0 bridgehead atoms. The number of hydrogen-bond donors (Lipinski definition) is 1. The van der Waals surface area contributed by atoms with Gasteiger partial charge in [-0.3, -0.25) is 0 Å². The molecule has 0 spiro atoms. The van der Waals surface area contributed by atoms with Gasteiger partial charge in [0.15, 0.2) is 0 Å². The Balaban J connectivity index is 2.34. The van der Waals surface area contributed by atoms with Crippen LogP contribution in [0.1, 0.15) is 17.2 Å². The maximum Gasteiger partial charge on any atom is 0.137 e. The highest BCUT2D eigenvalue weighted by atomic mass is 79.9. The van der Waals surface area contributed by atoms with Crippen molar-refractivity contribution in [2.45, 2.75) is 12.5 Å². The fourth-order valence-electron chi connectivity index (χ4n) is 2.08. The van der Waals surface area contributed by atoms with E-state index in [4.69, 9.17) is 11.6 Å². The minimum Gasteiger partial charge on any atom is -0.313 e. The molecule has 0 aliphatic carbocycles. The topological polar surface area (TPSA) is 12.0 Å². The average Bonchev–Trinajstić information content (AvgIpc) is 2.43. The van der Waals surface area contributed by atoms with Crippen LogP contribution in [0, 0.1) is 5.82 Å². The lowest BCUT2D eigenvalue weighted by Gasteiger charge is -2.19. The van der Waals surface area contributed by atoms with Crippen molar-refractivity contribution in [3.05, 3.63) is 67.3 Å². The third kappa shape index (κ3) is 3.61. The standard InChI is InChI=1S/C15H13Br2ClFN/c1-20-14(11-8-10(18)5-6-12(11)16)7-9-3-2-4-13(19)15(9)17/h2-6,8,14,20H,7H2,1H3. The van der Waals surface area contributed by atoms with Crippen molar-refractivity contribution in [1.82, 2.24) is 5.32 Å². The lowest BCUT2D eigenvalue weighted by molar-refractivity contribution is 0.578. The summed E-state index contributed by atoms with van der Waals surface area (Å²) in [4.78, 5) is 0. The molecule has 0 aliphatic rings. The highest BCUT2D eigenvalue weighted by Crippen LogP contribution is 2.31. The normalized spacial score (nSPS) is 12.4. The highest BCUT2D eigenvalue weighted by Gasteiger charge is 2.16. The van der Waals surface area contributed by atoms with Crippen molar-refractivity contribution >= 4 is 43.5 Å². The molecular formula is C15H13Br2ClFN. The Kier molecular flexibility index (Phi) is 5.61. The second-order valence-corrected chi connectivity index (χ2v) is 6.51. The van der Waals surface area contributed by atoms with Crippen molar-refractivity contribution < 1.29 is 4.39 Å². The van der Waals surface area contributed by atoms with E-state index >= 15 is 0 Å². The van der Waals surface area contributed by atoms with E-state index in [0.717, 1.165) is 15.6 Å². The molecule has 2 rings (SSSR count). The lowest BCUT2D eigenvalue weighted by Crippen LogP contribution is -2.19. The van der Waals surface area contributed by atoms with Crippen LogP contribution in [0.4, 0.5) is 4.39 Å². The van der Waals surface area contributed by atoms with Crippen LogP contribution in [0.15, 0.2) is 45.3 Å². The van der Waals surface area contributed by atoms with Crippen LogP contribution in [-0.2, 0) is 6.42 Å². The molecule has 1 N–H and O–H groups in total. The number of nitrogens with one attached hydrogen (secondary N) is 1. The van der Waals surface area contributed by atoms with Crippen LogP contribution in [-0.4, -0.2) is 7.05 Å². The molecule has 0 saturated heterocycles. The minimum atomic E-state index is -0.248. The Bertz CT molecular complexity index is 619. The monoisotopic (exact) mass is 419 g/mol. The Morgan fingerprint density at radius 3 is 2.70 bits per heavy atom. The quantitative estimate of drug-likeness (QED) is 0.687.